The number of rotatable bonds is 6. The maximum absolute atomic E-state index is 13.6. The van der Waals surface area contributed by atoms with Gasteiger partial charge in [0.05, 0.1) is 6.10 Å². The number of benzene rings is 1. The minimum Gasteiger partial charge on any atom is -0.368 e. The van der Waals surface area contributed by atoms with Crippen LogP contribution in [0.4, 0.5) is 4.39 Å². The minimum atomic E-state index is -0.305. The number of ether oxygens (including phenoxy) is 1. The molecule has 1 heterocycles. The third kappa shape index (κ3) is 3.78. The molecule has 2 rings (SSSR count). The van der Waals surface area contributed by atoms with Crippen LogP contribution in [0.15, 0.2) is 29.1 Å². The second-order valence-corrected chi connectivity index (χ2v) is 5.21. The van der Waals surface area contributed by atoms with Gasteiger partial charge in [-0.15, -0.1) is 0 Å². The summed E-state index contributed by atoms with van der Waals surface area (Å²) in [5.74, 6) is 0.270. The lowest BCUT2D eigenvalue weighted by Gasteiger charge is -2.16. The maximum Gasteiger partial charge on any atom is 0.343 e. The molecular weight excluding hydrogens is 273 g/mol. The van der Waals surface area contributed by atoms with Gasteiger partial charge in [0.2, 0.25) is 0 Å². The first-order chi connectivity index (χ1) is 9.99. The lowest BCUT2D eigenvalue weighted by molar-refractivity contribution is 0.0106. The van der Waals surface area contributed by atoms with Gasteiger partial charge in [0.15, 0.2) is 5.82 Å². The highest BCUT2D eigenvalue weighted by molar-refractivity contribution is 5.17. The van der Waals surface area contributed by atoms with E-state index in [9.17, 15) is 9.18 Å². The third-order valence-corrected chi connectivity index (χ3v) is 3.19. The maximum atomic E-state index is 13.6. The molecule has 5 nitrogen and oxygen atoms in total. The van der Waals surface area contributed by atoms with Gasteiger partial charge >= 0.3 is 5.69 Å². The Morgan fingerprint density at radius 1 is 1.33 bits per heavy atom. The summed E-state index contributed by atoms with van der Waals surface area (Å²) in [4.78, 5) is 11.8. The molecule has 0 radical (unpaired) electrons. The van der Waals surface area contributed by atoms with Crippen LogP contribution in [0.2, 0.25) is 0 Å². The van der Waals surface area contributed by atoms with Crippen molar-refractivity contribution in [2.75, 3.05) is 0 Å². The molecule has 0 saturated carbocycles. The molecule has 1 unspecified atom stereocenters. The number of halogens is 1. The Morgan fingerprint density at radius 2 is 2.05 bits per heavy atom. The fourth-order valence-corrected chi connectivity index (χ4v) is 2.26. The molecule has 0 amide bonds. The molecule has 114 valence electrons. The molecule has 0 spiro atoms. The van der Waals surface area contributed by atoms with Crippen molar-refractivity contribution in [2.45, 2.75) is 45.9 Å². The number of hydrogen-bond donors (Lipinski definition) is 1. The fourth-order valence-electron chi connectivity index (χ4n) is 2.26. The summed E-state index contributed by atoms with van der Waals surface area (Å²) < 4.78 is 20.8. The monoisotopic (exact) mass is 293 g/mol. The molecule has 0 fully saturated rings. The van der Waals surface area contributed by atoms with E-state index in [1.54, 1.807) is 18.2 Å². The highest BCUT2D eigenvalue weighted by Crippen LogP contribution is 2.15. The van der Waals surface area contributed by atoms with Gasteiger partial charge in [0, 0.05) is 6.54 Å². The first kappa shape index (κ1) is 15.4. The predicted octanol–water partition coefficient (Wildman–Crippen LogP) is 2.44. The van der Waals surface area contributed by atoms with E-state index in [1.165, 1.54) is 10.6 Å². The van der Waals surface area contributed by atoms with E-state index < -0.39 is 0 Å². The smallest absolute Gasteiger partial charge is 0.343 e. The molecule has 1 aromatic carbocycles. The molecule has 1 N–H and O–H groups in total. The van der Waals surface area contributed by atoms with Crippen LogP contribution in [0, 0.1) is 5.82 Å². The first-order valence-corrected chi connectivity index (χ1v) is 7.03. The summed E-state index contributed by atoms with van der Waals surface area (Å²) in [6.07, 6.45) is 0.157. The average molecular weight is 293 g/mol. The lowest BCUT2D eigenvalue weighted by atomic mass is 10.1. The van der Waals surface area contributed by atoms with Crippen molar-refractivity contribution in [2.24, 2.45) is 0 Å². The van der Waals surface area contributed by atoms with Crippen LogP contribution >= 0.6 is 0 Å². The Bertz CT molecular complexity index is 648. The van der Waals surface area contributed by atoms with Crippen molar-refractivity contribution in [1.82, 2.24) is 14.8 Å². The normalized spacial score (nSPS) is 12.8. The number of nitrogens with one attached hydrogen (secondary N) is 1. The van der Waals surface area contributed by atoms with Crippen molar-refractivity contribution >= 4 is 0 Å². The predicted molar refractivity (Wildman–Crippen MR) is 77.6 cm³/mol. The molecule has 0 bridgehead atoms. The molecule has 6 heteroatoms. The summed E-state index contributed by atoms with van der Waals surface area (Å²) in [5, 5.41) is 6.44. The van der Waals surface area contributed by atoms with Crippen molar-refractivity contribution in [3.8, 4) is 0 Å². The molecule has 0 aliphatic heterocycles. The van der Waals surface area contributed by atoms with E-state index in [1.807, 2.05) is 20.8 Å². The zero-order valence-corrected chi connectivity index (χ0v) is 12.5. The van der Waals surface area contributed by atoms with E-state index >= 15 is 0 Å². The van der Waals surface area contributed by atoms with Crippen LogP contribution in [0.3, 0.4) is 0 Å². The van der Waals surface area contributed by atoms with Gasteiger partial charge in [-0.05, 0) is 38.8 Å². The van der Waals surface area contributed by atoms with E-state index in [0.717, 1.165) is 0 Å². The number of nitrogens with zero attached hydrogens (tertiary/aromatic N) is 2. The number of hydrogen-bond acceptors (Lipinski definition) is 3. The van der Waals surface area contributed by atoms with Gasteiger partial charge in [0.1, 0.15) is 11.9 Å². The summed E-state index contributed by atoms with van der Waals surface area (Å²) in [5.41, 5.74) is 0.273. The van der Waals surface area contributed by atoms with Gasteiger partial charge in [-0.25, -0.2) is 14.3 Å². The summed E-state index contributed by atoms with van der Waals surface area (Å²) in [6, 6.07) is 6.56. The molecule has 21 heavy (non-hydrogen) atoms. The molecule has 2 aromatic rings. The number of H-pyrrole nitrogens is 1. The van der Waals surface area contributed by atoms with E-state index in [-0.39, 0.29) is 23.7 Å². The van der Waals surface area contributed by atoms with Gasteiger partial charge in [-0.2, -0.15) is 5.10 Å². The molecule has 0 saturated heterocycles. The van der Waals surface area contributed by atoms with Crippen molar-refractivity contribution in [3.63, 3.8) is 0 Å². The Labute approximate surface area is 122 Å². The average Bonchev–Trinajstić information content (AvgIpc) is 2.78. The Hall–Kier alpha value is -1.95. The Morgan fingerprint density at radius 3 is 2.71 bits per heavy atom. The molecule has 0 aliphatic rings. The highest BCUT2D eigenvalue weighted by Gasteiger charge is 2.17. The van der Waals surface area contributed by atoms with Crippen LogP contribution in [0.1, 0.15) is 38.3 Å². The van der Waals surface area contributed by atoms with Crippen molar-refractivity contribution in [3.05, 3.63) is 52.0 Å². The Kier molecular flexibility index (Phi) is 4.90. The van der Waals surface area contributed by atoms with Crippen molar-refractivity contribution in [1.29, 1.82) is 0 Å². The summed E-state index contributed by atoms with van der Waals surface area (Å²) in [7, 11) is 0. The standard InChI is InChI=1S/C15H20FN3O2/c1-10(2)21-11(3)14-17-18-15(20)19(14)9-8-12-6-4-5-7-13(12)16/h4-7,10-11H,8-9H2,1-3H3,(H,18,20). The van der Waals surface area contributed by atoms with Gasteiger partial charge in [0.25, 0.3) is 0 Å². The topological polar surface area (TPSA) is 59.9 Å². The number of aromatic amines is 1. The van der Waals surface area contributed by atoms with E-state index in [2.05, 4.69) is 10.2 Å². The first-order valence-electron chi connectivity index (χ1n) is 7.03. The molecule has 1 atom stereocenters. The molecule has 0 aliphatic carbocycles. The number of aryl methyl sites for hydroxylation is 1. The summed E-state index contributed by atoms with van der Waals surface area (Å²) in [6.45, 7) is 6.04. The second-order valence-electron chi connectivity index (χ2n) is 5.21. The van der Waals surface area contributed by atoms with Gasteiger partial charge < -0.3 is 4.74 Å². The van der Waals surface area contributed by atoms with Crippen LogP contribution < -0.4 is 5.69 Å². The fraction of sp³-hybridized carbons (Fsp3) is 0.467. The zero-order valence-electron chi connectivity index (χ0n) is 12.5. The van der Waals surface area contributed by atoms with Gasteiger partial charge in [-0.3, -0.25) is 4.57 Å². The third-order valence-electron chi connectivity index (χ3n) is 3.19. The summed E-state index contributed by atoms with van der Waals surface area (Å²) >= 11 is 0. The lowest BCUT2D eigenvalue weighted by Crippen LogP contribution is -2.22. The van der Waals surface area contributed by atoms with Crippen LogP contribution in [0.5, 0.6) is 0 Å². The van der Waals surface area contributed by atoms with Crippen LogP contribution in [0.25, 0.3) is 0 Å². The number of aromatic nitrogens is 3. The van der Waals surface area contributed by atoms with Gasteiger partial charge in [-0.1, -0.05) is 18.2 Å². The Balaban J connectivity index is 2.15. The largest absolute Gasteiger partial charge is 0.368 e. The van der Waals surface area contributed by atoms with Crippen LogP contribution in [-0.4, -0.2) is 20.9 Å². The quantitative estimate of drug-likeness (QED) is 0.890. The zero-order chi connectivity index (χ0) is 15.4. The minimum absolute atomic E-state index is 0.0341. The van der Waals surface area contributed by atoms with E-state index in [0.29, 0.717) is 24.4 Å². The molecular formula is C15H20FN3O2. The van der Waals surface area contributed by atoms with E-state index in [4.69, 9.17) is 4.74 Å². The molecule has 1 aromatic heterocycles. The second kappa shape index (κ2) is 6.67. The van der Waals surface area contributed by atoms with Crippen molar-refractivity contribution < 1.29 is 9.13 Å². The van der Waals surface area contributed by atoms with Crippen LogP contribution in [-0.2, 0) is 17.7 Å². The SMILES string of the molecule is CC(C)OC(C)c1n[nH]c(=O)n1CCc1ccccc1F. The highest BCUT2D eigenvalue weighted by atomic mass is 19.1.